The van der Waals surface area contributed by atoms with Crippen molar-refractivity contribution in [2.24, 2.45) is 11.7 Å². The van der Waals surface area contributed by atoms with E-state index in [-0.39, 0.29) is 23.9 Å². The van der Waals surface area contributed by atoms with E-state index in [1.54, 1.807) is 0 Å². The quantitative estimate of drug-likeness (QED) is 0.735. The molecular formula is C12H26N2O. The summed E-state index contributed by atoms with van der Waals surface area (Å²) in [6.45, 7) is 11.1. The zero-order valence-electron chi connectivity index (χ0n) is 10.8. The average molecular weight is 214 g/mol. The maximum atomic E-state index is 12.1. The van der Waals surface area contributed by atoms with E-state index in [1.165, 1.54) is 0 Å². The molecule has 1 amide bonds. The molecule has 0 saturated heterocycles. The van der Waals surface area contributed by atoms with Gasteiger partial charge >= 0.3 is 0 Å². The summed E-state index contributed by atoms with van der Waals surface area (Å²) in [6.07, 6.45) is 1.93. The van der Waals surface area contributed by atoms with Crippen molar-refractivity contribution in [1.29, 1.82) is 0 Å². The second-order valence-electron chi connectivity index (χ2n) is 4.54. The molecule has 0 aliphatic carbocycles. The van der Waals surface area contributed by atoms with Crippen molar-refractivity contribution in [2.75, 3.05) is 6.54 Å². The third kappa shape index (κ3) is 4.20. The Morgan fingerprint density at radius 2 is 1.80 bits per heavy atom. The lowest BCUT2D eigenvalue weighted by atomic mass is 9.98. The van der Waals surface area contributed by atoms with Crippen LogP contribution in [0.3, 0.4) is 0 Å². The molecule has 15 heavy (non-hydrogen) atoms. The molecule has 0 radical (unpaired) electrons. The van der Waals surface area contributed by atoms with Gasteiger partial charge in [0, 0.05) is 12.6 Å². The van der Waals surface area contributed by atoms with E-state index in [9.17, 15) is 4.79 Å². The summed E-state index contributed by atoms with van der Waals surface area (Å²) < 4.78 is 0. The fourth-order valence-corrected chi connectivity index (χ4v) is 1.55. The molecule has 3 nitrogen and oxygen atoms in total. The molecule has 2 unspecified atom stereocenters. The molecule has 0 heterocycles. The lowest BCUT2D eigenvalue weighted by Gasteiger charge is -2.30. The fourth-order valence-electron chi connectivity index (χ4n) is 1.55. The Kier molecular flexibility index (Phi) is 6.57. The van der Waals surface area contributed by atoms with Crippen LogP contribution in [0.5, 0.6) is 0 Å². The molecular weight excluding hydrogens is 188 g/mol. The summed E-state index contributed by atoms with van der Waals surface area (Å²) in [5.41, 5.74) is 5.95. The van der Waals surface area contributed by atoms with E-state index >= 15 is 0 Å². The van der Waals surface area contributed by atoms with Gasteiger partial charge in [-0.2, -0.15) is 0 Å². The topological polar surface area (TPSA) is 46.3 Å². The predicted octanol–water partition coefficient (Wildman–Crippen LogP) is 2.01. The van der Waals surface area contributed by atoms with E-state index in [0.717, 1.165) is 19.4 Å². The Bertz CT molecular complexity index is 192. The van der Waals surface area contributed by atoms with E-state index in [0.29, 0.717) is 0 Å². The Morgan fingerprint density at radius 1 is 1.27 bits per heavy atom. The molecule has 90 valence electrons. The predicted molar refractivity (Wildman–Crippen MR) is 64.6 cm³/mol. The van der Waals surface area contributed by atoms with Crippen LogP contribution in [0.15, 0.2) is 0 Å². The van der Waals surface area contributed by atoms with Crippen LogP contribution in [0.1, 0.15) is 47.5 Å². The van der Waals surface area contributed by atoms with Gasteiger partial charge in [0.15, 0.2) is 0 Å². The molecule has 0 bridgehead atoms. The van der Waals surface area contributed by atoms with Gasteiger partial charge in [-0.25, -0.2) is 0 Å². The highest BCUT2D eigenvalue weighted by Crippen LogP contribution is 2.11. The molecule has 0 rings (SSSR count). The summed E-state index contributed by atoms with van der Waals surface area (Å²) in [6, 6.07) is -0.100. The SMILES string of the molecule is CCCN(C(=O)C(N)C(C)CC)C(C)C. The number of nitrogens with two attached hydrogens (primary N) is 1. The van der Waals surface area contributed by atoms with Crippen LogP contribution in [0.25, 0.3) is 0 Å². The van der Waals surface area contributed by atoms with E-state index in [2.05, 4.69) is 13.8 Å². The maximum absolute atomic E-state index is 12.1. The standard InChI is InChI=1S/C12H26N2O/c1-6-8-14(9(3)4)12(15)11(13)10(5)7-2/h9-11H,6-8,13H2,1-5H3. The first-order valence-electron chi connectivity index (χ1n) is 6.01. The lowest BCUT2D eigenvalue weighted by Crippen LogP contribution is -2.49. The smallest absolute Gasteiger partial charge is 0.239 e. The molecule has 2 N–H and O–H groups in total. The van der Waals surface area contributed by atoms with E-state index < -0.39 is 0 Å². The average Bonchev–Trinajstić information content (AvgIpc) is 2.22. The number of amides is 1. The van der Waals surface area contributed by atoms with Gasteiger partial charge in [-0.05, 0) is 26.2 Å². The monoisotopic (exact) mass is 214 g/mol. The minimum atomic E-state index is -0.344. The second-order valence-corrected chi connectivity index (χ2v) is 4.54. The van der Waals surface area contributed by atoms with Gasteiger partial charge in [0.25, 0.3) is 0 Å². The van der Waals surface area contributed by atoms with Crippen LogP contribution in [0, 0.1) is 5.92 Å². The highest BCUT2D eigenvalue weighted by atomic mass is 16.2. The van der Waals surface area contributed by atoms with Gasteiger partial charge in [-0.3, -0.25) is 4.79 Å². The summed E-state index contributed by atoms with van der Waals surface area (Å²) in [5, 5.41) is 0. The van der Waals surface area contributed by atoms with Crippen LogP contribution in [-0.2, 0) is 4.79 Å². The molecule has 0 aromatic rings. The number of rotatable bonds is 6. The third-order valence-electron chi connectivity index (χ3n) is 2.91. The number of hydrogen-bond donors (Lipinski definition) is 1. The molecule has 0 spiro atoms. The molecule has 0 aromatic heterocycles. The van der Waals surface area contributed by atoms with Gasteiger partial charge in [0.05, 0.1) is 6.04 Å². The molecule has 0 aliphatic rings. The highest BCUT2D eigenvalue weighted by molar-refractivity contribution is 5.82. The van der Waals surface area contributed by atoms with Crippen molar-refractivity contribution in [3.05, 3.63) is 0 Å². The van der Waals surface area contributed by atoms with E-state index in [4.69, 9.17) is 5.73 Å². The van der Waals surface area contributed by atoms with Crippen molar-refractivity contribution in [1.82, 2.24) is 4.90 Å². The zero-order chi connectivity index (χ0) is 12.0. The maximum Gasteiger partial charge on any atom is 0.239 e. The summed E-state index contributed by atoms with van der Waals surface area (Å²) in [5.74, 6) is 0.358. The van der Waals surface area contributed by atoms with Crippen molar-refractivity contribution in [3.63, 3.8) is 0 Å². The van der Waals surface area contributed by atoms with Crippen molar-refractivity contribution in [3.8, 4) is 0 Å². The van der Waals surface area contributed by atoms with Crippen LogP contribution < -0.4 is 5.73 Å². The molecule has 0 aliphatic heterocycles. The van der Waals surface area contributed by atoms with Crippen LogP contribution in [0.2, 0.25) is 0 Å². The summed E-state index contributed by atoms with van der Waals surface area (Å²) in [4.78, 5) is 14.0. The third-order valence-corrected chi connectivity index (χ3v) is 2.91. The molecule has 0 saturated carbocycles. The summed E-state index contributed by atoms with van der Waals surface area (Å²) >= 11 is 0. The number of nitrogens with zero attached hydrogens (tertiary/aromatic N) is 1. The minimum absolute atomic E-state index is 0.0983. The largest absolute Gasteiger partial charge is 0.339 e. The Balaban J connectivity index is 4.48. The second kappa shape index (κ2) is 6.83. The Hall–Kier alpha value is -0.570. The van der Waals surface area contributed by atoms with Crippen molar-refractivity contribution in [2.45, 2.75) is 59.5 Å². The van der Waals surface area contributed by atoms with Gasteiger partial charge in [-0.1, -0.05) is 27.2 Å². The van der Waals surface area contributed by atoms with Crippen LogP contribution in [-0.4, -0.2) is 29.4 Å². The molecule has 3 heteroatoms. The van der Waals surface area contributed by atoms with Crippen LogP contribution in [0.4, 0.5) is 0 Å². The molecule has 0 aromatic carbocycles. The van der Waals surface area contributed by atoms with Crippen molar-refractivity contribution < 1.29 is 4.79 Å². The Morgan fingerprint density at radius 3 is 2.13 bits per heavy atom. The number of carbonyl (C=O) groups is 1. The fraction of sp³-hybridized carbons (Fsp3) is 0.917. The first-order chi connectivity index (χ1) is 6.95. The normalized spacial score (nSPS) is 15.1. The molecule has 0 fully saturated rings. The first-order valence-corrected chi connectivity index (χ1v) is 6.01. The zero-order valence-corrected chi connectivity index (χ0v) is 10.8. The van der Waals surface area contributed by atoms with Gasteiger partial charge in [-0.15, -0.1) is 0 Å². The van der Waals surface area contributed by atoms with Crippen LogP contribution >= 0.6 is 0 Å². The van der Waals surface area contributed by atoms with Gasteiger partial charge < -0.3 is 10.6 Å². The summed E-state index contributed by atoms with van der Waals surface area (Å²) in [7, 11) is 0. The van der Waals surface area contributed by atoms with Crippen molar-refractivity contribution >= 4 is 5.91 Å². The number of carbonyl (C=O) groups excluding carboxylic acids is 1. The minimum Gasteiger partial charge on any atom is -0.339 e. The lowest BCUT2D eigenvalue weighted by molar-refractivity contribution is -0.135. The first kappa shape index (κ1) is 14.4. The highest BCUT2D eigenvalue weighted by Gasteiger charge is 2.25. The number of hydrogen-bond acceptors (Lipinski definition) is 2. The van der Waals surface area contributed by atoms with E-state index in [1.807, 2.05) is 25.7 Å². The Labute approximate surface area is 94.0 Å². The molecule has 2 atom stereocenters. The van der Waals surface area contributed by atoms with Gasteiger partial charge in [0.1, 0.15) is 0 Å². The van der Waals surface area contributed by atoms with Gasteiger partial charge in [0.2, 0.25) is 5.91 Å².